The summed E-state index contributed by atoms with van der Waals surface area (Å²) in [4.78, 5) is 24.7. The molecule has 0 bridgehead atoms. The molecule has 6 nitrogen and oxygen atoms in total. The summed E-state index contributed by atoms with van der Waals surface area (Å²) < 4.78 is 5.93. The molecule has 1 heterocycles. The van der Waals surface area contributed by atoms with Crippen LogP contribution in [0.15, 0.2) is 4.99 Å². The van der Waals surface area contributed by atoms with Gasteiger partial charge in [0.1, 0.15) is 5.69 Å². The fraction of sp³-hybridized carbons (Fsp3) is 0.375. The number of hydrogen-bond acceptors (Lipinski definition) is 5. The van der Waals surface area contributed by atoms with Crippen molar-refractivity contribution < 1.29 is 14.3 Å². The molecule has 0 amide bonds. The molecule has 0 unspecified atom stereocenters. The zero-order valence-electron chi connectivity index (χ0n) is 8.07. The van der Waals surface area contributed by atoms with Crippen molar-refractivity contribution in [1.82, 2.24) is 9.78 Å². The smallest absolute Gasteiger partial charge is 0.360 e. The minimum absolute atomic E-state index is 0.0239. The van der Waals surface area contributed by atoms with Crippen LogP contribution in [0.25, 0.3) is 0 Å². The van der Waals surface area contributed by atoms with Crippen molar-refractivity contribution in [2.24, 2.45) is 12.0 Å². The van der Waals surface area contributed by atoms with Crippen molar-refractivity contribution in [3.8, 4) is 0 Å². The Morgan fingerprint density at radius 3 is 2.79 bits per heavy atom. The summed E-state index contributed by atoms with van der Waals surface area (Å²) in [6.45, 7) is 1.69. The molecule has 0 aliphatic rings. The minimum atomic E-state index is -0.622. The average molecular weight is 195 g/mol. The number of aliphatic imine (C=N–C) groups is 1. The van der Waals surface area contributed by atoms with Gasteiger partial charge < -0.3 is 4.74 Å². The van der Waals surface area contributed by atoms with E-state index < -0.39 is 5.97 Å². The van der Waals surface area contributed by atoms with Crippen LogP contribution in [-0.2, 0) is 16.6 Å². The first-order valence-corrected chi connectivity index (χ1v) is 3.81. The number of isocyanates is 1. The van der Waals surface area contributed by atoms with E-state index in [2.05, 4.69) is 14.8 Å². The van der Waals surface area contributed by atoms with Crippen LogP contribution in [0.5, 0.6) is 0 Å². The first-order valence-electron chi connectivity index (χ1n) is 3.81. The largest absolute Gasteiger partial charge is 0.464 e. The second-order valence-corrected chi connectivity index (χ2v) is 2.60. The Morgan fingerprint density at radius 1 is 1.64 bits per heavy atom. The molecule has 0 atom stereocenters. The third kappa shape index (κ3) is 1.55. The molecule has 0 aliphatic carbocycles. The summed E-state index contributed by atoms with van der Waals surface area (Å²) in [5, 5.41) is 3.87. The lowest BCUT2D eigenvalue weighted by Gasteiger charge is -1.93. The van der Waals surface area contributed by atoms with Crippen LogP contribution >= 0.6 is 0 Å². The van der Waals surface area contributed by atoms with Gasteiger partial charge in [-0.3, -0.25) is 4.68 Å². The average Bonchev–Trinajstić information content (AvgIpc) is 2.45. The maximum absolute atomic E-state index is 11.2. The van der Waals surface area contributed by atoms with Crippen molar-refractivity contribution in [2.75, 3.05) is 7.11 Å². The lowest BCUT2D eigenvalue weighted by molar-refractivity contribution is 0.0594. The standard InChI is InChI=1S/C8H9N3O3/c1-5-6(9-4-12)7(8(13)14-3)10-11(5)2/h1-3H3. The summed E-state index contributed by atoms with van der Waals surface area (Å²) in [5.41, 5.74) is 0.832. The summed E-state index contributed by atoms with van der Waals surface area (Å²) in [6.07, 6.45) is 1.37. The lowest BCUT2D eigenvalue weighted by Crippen LogP contribution is -2.03. The zero-order valence-corrected chi connectivity index (χ0v) is 8.07. The molecule has 6 heteroatoms. The van der Waals surface area contributed by atoms with Crippen molar-refractivity contribution in [3.63, 3.8) is 0 Å². The zero-order chi connectivity index (χ0) is 10.7. The number of methoxy groups -OCH3 is 1. The summed E-state index contributed by atoms with van der Waals surface area (Å²) in [5.74, 6) is -0.622. The second-order valence-electron chi connectivity index (χ2n) is 2.60. The van der Waals surface area contributed by atoms with Gasteiger partial charge in [0.15, 0.2) is 5.69 Å². The number of aromatic nitrogens is 2. The maximum Gasteiger partial charge on any atom is 0.360 e. The molecule has 0 fully saturated rings. The normalized spacial score (nSPS) is 9.36. The van der Waals surface area contributed by atoms with E-state index in [1.165, 1.54) is 17.9 Å². The molecule has 1 rings (SSSR count). The van der Waals surface area contributed by atoms with Crippen molar-refractivity contribution in [1.29, 1.82) is 0 Å². The number of hydrogen-bond donors (Lipinski definition) is 0. The minimum Gasteiger partial charge on any atom is -0.464 e. The first kappa shape index (κ1) is 10.1. The van der Waals surface area contributed by atoms with Gasteiger partial charge in [-0.05, 0) is 6.92 Å². The molecule has 14 heavy (non-hydrogen) atoms. The van der Waals surface area contributed by atoms with E-state index in [4.69, 9.17) is 0 Å². The quantitative estimate of drug-likeness (QED) is 0.391. The molecule has 0 aliphatic heterocycles. The Labute approximate surface area is 80.2 Å². The van der Waals surface area contributed by atoms with Crippen LogP contribution < -0.4 is 0 Å². The predicted molar refractivity (Wildman–Crippen MR) is 47.1 cm³/mol. The highest BCUT2D eigenvalue weighted by molar-refractivity contribution is 5.93. The molecular formula is C8H9N3O3. The van der Waals surface area contributed by atoms with Gasteiger partial charge in [0.05, 0.1) is 12.8 Å². The molecule has 0 saturated carbocycles. The van der Waals surface area contributed by atoms with Crippen LogP contribution in [0.1, 0.15) is 16.2 Å². The Morgan fingerprint density at radius 2 is 2.29 bits per heavy atom. The van der Waals surface area contributed by atoms with Crippen LogP contribution in [0, 0.1) is 6.92 Å². The molecule has 0 aromatic carbocycles. The molecule has 0 saturated heterocycles. The Bertz CT molecular complexity index is 416. The SMILES string of the molecule is COC(=O)c1nn(C)c(C)c1N=C=O. The van der Waals surface area contributed by atoms with E-state index in [9.17, 15) is 9.59 Å². The van der Waals surface area contributed by atoms with Crippen molar-refractivity contribution in [3.05, 3.63) is 11.4 Å². The molecule has 1 aromatic rings. The number of carbonyl (C=O) groups excluding carboxylic acids is 2. The Kier molecular flexibility index (Phi) is 2.79. The van der Waals surface area contributed by atoms with Crippen LogP contribution in [0.4, 0.5) is 5.69 Å². The van der Waals surface area contributed by atoms with Crippen LogP contribution in [0.3, 0.4) is 0 Å². The summed E-state index contributed by atoms with van der Waals surface area (Å²) in [6, 6.07) is 0. The van der Waals surface area contributed by atoms with E-state index in [1.54, 1.807) is 14.0 Å². The van der Waals surface area contributed by atoms with Gasteiger partial charge in [-0.25, -0.2) is 9.59 Å². The van der Waals surface area contributed by atoms with Gasteiger partial charge in [0, 0.05) is 7.05 Å². The topological polar surface area (TPSA) is 73.5 Å². The molecule has 0 N–H and O–H groups in total. The van der Waals surface area contributed by atoms with Gasteiger partial charge in [0.2, 0.25) is 6.08 Å². The monoisotopic (exact) mass is 195 g/mol. The van der Waals surface area contributed by atoms with E-state index in [1.807, 2.05) is 0 Å². The van der Waals surface area contributed by atoms with E-state index in [0.29, 0.717) is 5.69 Å². The second kappa shape index (κ2) is 3.85. The van der Waals surface area contributed by atoms with Gasteiger partial charge in [-0.1, -0.05) is 0 Å². The van der Waals surface area contributed by atoms with Gasteiger partial charge in [-0.2, -0.15) is 10.1 Å². The summed E-state index contributed by atoms with van der Waals surface area (Å²) >= 11 is 0. The lowest BCUT2D eigenvalue weighted by atomic mass is 10.3. The molecular weight excluding hydrogens is 186 g/mol. The molecule has 0 radical (unpaired) electrons. The third-order valence-corrected chi connectivity index (χ3v) is 1.84. The molecule has 1 aromatic heterocycles. The maximum atomic E-state index is 11.2. The first-order chi connectivity index (χ1) is 6.61. The predicted octanol–water partition coefficient (Wildman–Crippen LogP) is 0.482. The highest BCUT2D eigenvalue weighted by atomic mass is 16.5. The number of rotatable bonds is 2. The number of ether oxygens (including phenoxy) is 1. The highest BCUT2D eigenvalue weighted by Gasteiger charge is 2.19. The van der Waals surface area contributed by atoms with Gasteiger partial charge in [-0.15, -0.1) is 0 Å². The summed E-state index contributed by atoms with van der Waals surface area (Å²) in [7, 11) is 2.88. The number of aryl methyl sites for hydroxylation is 1. The van der Waals surface area contributed by atoms with E-state index in [-0.39, 0.29) is 11.4 Å². The highest BCUT2D eigenvalue weighted by Crippen LogP contribution is 2.22. The number of nitrogens with zero attached hydrogens (tertiary/aromatic N) is 3. The third-order valence-electron chi connectivity index (χ3n) is 1.84. The Hall–Kier alpha value is -1.94. The van der Waals surface area contributed by atoms with Gasteiger partial charge in [0.25, 0.3) is 0 Å². The van der Waals surface area contributed by atoms with Crippen molar-refractivity contribution in [2.45, 2.75) is 6.92 Å². The molecule has 0 spiro atoms. The molecule has 74 valence electrons. The van der Waals surface area contributed by atoms with Crippen LogP contribution in [-0.4, -0.2) is 28.9 Å². The fourth-order valence-corrected chi connectivity index (χ4v) is 1.01. The van der Waals surface area contributed by atoms with Crippen LogP contribution in [0.2, 0.25) is 0 Å². The number of carbonyl (C=O) groups is 1. The van der Waals surface area contributed by atoms with Crippen molar-refractivity contribution >= 4 is 17.7 Å². The van der Waals surface area contributed by atoms with E-state index >= 15 is 0 Å². The van der Waals surface area contributed by atoms with Gasteiger partial charge >= 0.3 is 5.97 Å². The van der Waals surface area contributed by atoms with E-state index in [0.717, 1.165) is 0 Å². The number of esters is 1. The fourth-order valence-electron chi connectivity index (χ4n) is 1.01. The Balaban J connectivity index is 3.35.